The summed E-state index contributed by atoms with van der Waals surface area (Å²) in [7, 11) is 0. The van der Waals surface area contributed by atoms with Crippen LogP contribution in [-0.2, 0) is 4.79 Å². The van der Waals surface area contributed by atoms with Crippen molar-refractivity contribution >= 4 is 23.2 Å². The number of halogens is 1. The van der Waals surface area contributed by atoms with Crippen molar-refractivity contribution in [2.24, 2.45) is 0 Å². The number of nitrogens with one attached hydrogen (secondary N) is 2. The second-order valence-electron chi connectivity index (χ2n) is 4.01. The Morgan fingerprint density at radius 3 is 2.94 bits per heavy atom. The van der Waals surface area contributed by atoms with Crippen LogP contribution in [0.25, 0.3) is 0 Å². The zero-order valence-electron chi connectivity index (χ0n) is 9.16. The van der Waals surface area contributed by atoms with E-state index in [9.17, 15) is 4.79 Å². The number of nitrogens with zero attached hydrogens (tertiary/aromatic N) is 1. The number of carbonyl (C=O) groups excluding carboxylic acids is 1. The first kappa shape index (κ1) is 11.9. The molecule has 0 unspecified atom stereocenters. The van der Waals surface area contributed by atoms with Crippen molar-refractivity contribution in [3.63, 3.8) is 0 Å². The first-order chi connectivity index (χ1) is 8.19. The van der Waals surface area contributed by atoms with Gasteiger partial charge in [0.2, 0.25) is 5.91 Å². The fourth-order valence-electron chi connectivity index (χ4n) is 1.44. The molecule has 0 bridgehead atoms. The van der Waals surface area contributed by atoms with Crippen molar-refractivity contribution in [2.75, 3.05) is 11.9 Å². The Kier molecular flexibility index (Phi) is 3.62. The molecule has 2 N–H and O–H groups in total. The predicted octanol–water partition coefficient (Wildman–Crippen LogP) is 1.90. The molecule has 0 heterocycles. The van der Waals surface area contributed by atoms with Gasteiger partial charge in [0.1, 0.15) is 6.07 Å². The lowest BCUT2D eigenvalue weighted by Gasteiger charge is -2.07. The first-order valence-electron chi connectivity index (χ1n) is 5.42. The van der Waals surface area contributed by atoms with Gasteiger partial charge in [-0.25, -0.2) is 0 Å². The summed E-state index contributed by atoms with van der Waals surface area (Å²) >= 11 is 5.82. The van der Waals surface area contributed by atoms with Crippen LogP contribution < -0.4 is 10.6 Å². The maximum atomic E-state index is 11.6. The van der Waals surface area contributed by atoms with Gasteiger partial charge in [0.25, 0.3) is 0 Å². The SMILES string of the molecule is N#Cc1ccc(Cl)cc1NC(=O)CNC1CC1. The maximum absolute atomic E-state index is 11.6. The lowest BCUT2D eigenvalue weighted by Crippen LogP contribution is -2.29. The molecule has 0 radical (unpaired) electrons. The molecule has 0 saturated heterocycles. The third-order valence-corrected chi connectivity index (χ3v) is 2.74. The van der Waals surface area contributed by atoms with E-state index >= 15 is 0 Å². The van der Waals surface area contributed by atoms with Crippen LogP contribution in [0, 0.1) is 11.3 Å². The zero-order valence-corrected chi connectivity index (χ0v) is 9.92. The summed E-state index contributed by atoms with van der Waals surface area (Å²) in [6, 6.07) is 7.28. The summed E-state index contributed by atoms with van der Waals surface area (Å²) in [5, 5.41) is 15.2. The third kappa shape index (κ3) is 3.45. The van der Waals surface area contributed by atoms with Crippen molar-refractivity contribution in [3.8, 4) is 6.07 Å². The van der Waals surface area contributed by atoms with Crippen molar-refractivity contribution in [1.29, 1.82) is 5.26 Å². The third-order valence-electron chi connectivity index (χ3n) is 2.50. The molecule has 5 heteroatoms. The van der Waals surface area contributed by atoms with Gasteiger partial charge in [0, 0.05) is 11.1 Å². The molecule has 17 heavy (non-hydrogen) atoms. The minimum atomic E-state index is -0.157. The number of amides is 1. The van der Waals surface area contributed by atoms with E-state index in [-0.39, 0.29) is 12.5 Å². The quantitative estimate of drug-likeness (QED) is 0.857. The fraction of sp³-hybridized carbons (Fsp3) is 0.333. The lowest BCUT2D eigenvalue weighted by atomic mass is 10.2. The highest BCUT2D eigenvalue weighted by atomic mass is 35.5. The molecule has 1 aliphatic rings. The maximum Gasteiger partial charge on any atom is 0.238 e. The van der Waals surface area contributed by atoms with Crippen molar-refractivity contribution < 1.29 is 4.79 Å². The van der Waals surface area contributed by atoms with E-state index in [1.807, 2.05) is 6.07 Å². The Hall–Kier alpha value is -1.57. The molecule has 0 atom stereocenters. The van der Waals surface area contributed by atoms with Crippen molar-refractivity contribution in [2.45, 2.75) is 18.9 Å². The van der Waals surface area contributed by atoms with Crippen LogP contribution in [0.3, 0.4) is 0 Å². The Bertz CT molecular complexity index is 477. The summed E-state index contributed by atoms with van der Waals surface area (Å²) in [4.78, 5) is 11.6. The van der Waals surface area contributed by atoms with Crippen LogP contribution in [0.5, 0.6) is 0 Å². The van der Waals surface area contributed by atoms with Crippen LogP contribution in [0.2, 0.25) is 5.02 Å². The molecule has 0 aliphatic heterocycles. The van der Waals surface area contributed by atoms with Gasteiger partial charge in [-0.05, 0) is 31.0 Å². The number of benzene rings is 1. The molecular formula is C12H12ClN3O. The molecule has 1 fully saturated rings. The van der Waals surface area contributed by atoms with Gasteiger partial charge in [-0.1, -0.05) is 11.6 Å². The Morgan fingerprint density at radius 1 is 1.53 bits per heavy atom. The van der Waals surface area contributed by atoms with Crippen molar-refractivity contribution in [1.82, 2.24) is 5.32 Å². The largest absolute Gasteiger partial charge is 0.324 e. The van der Waals surface area contributed by atoms with Gasteiger partial charge in [-0.3, -0.25) is 4.79 Å². The zero-order chi connectivity index (χ0) is 12.3. The van der Waals surface area contributed by atoms with Gasteiger partial charge in [0.15, 0.2) is 0 Å². The monoisotopic (exact) mass is 249 g/mol. The first-order valence-corrected chi connectivity index (χ1v) is 5.79. The van der Waals surface area contributed by atoms with E-state index < -0.39 is 0 Å². The lowest BCUT2D eigenvalue weighted by molar-refractivity contribution is -0.115. The van der Waals surface area contributed by atoms with Crippen LogP contribution in [0.1, 0.15) is 18.4 Å². The highest BCUT2D eigenvalue weighted by Crippen LogP contribution is 2.21. The second-order valence-corrected chi connectivity index (χ2v) is 4.44. The Labute approximate surface area is 105 Å². The van der Waals surface area contributed by atoms with E-state index in [4.69, 9.17) is 16.9 Å². The van der Waals surface area contributed by atoms with E-state index in [1.54, 1.807) is 18.2 Å². The highest BCUT2D eigenvalue weighted by Gasteiger charge is 2.21. The fourth-order valence-corrected chi connectivity index (χ4v) is 1.61. The molecule has 1 saturated carbocycles. The molecule has 0 aromatic heterocycles. The average molecular weight is 250 g/mol. The van der Waals surface area contributed by atoms with E-state index in [1.165, 1.54) is 0 Å². The summed E-state index contributed by atoms with van der Waals surface area (Å²) in [5.41, 5.74) is 0.872. The molecular weight excluding hydrogens is 238 g/mol. The number of hydrogen-bond acceptors (Lipinski definition) is 3. The van der Waals surface area contributed by atoms with Gasteiger partial charge in [-0.2, -0.15) is 5.26 Å². The van der Waals surface area contributed by atoms with Crippen LogP contribution in [-0.4, -0.2) is 18.5 Å². The van der Waals surface area contributed by atoms with E-state index in [2.05, 4.69) is 10.6 Å². The molecule has 2 rings (SSSR count). The van der Waals surface area contributed by atoms with Gasteiger partial charge in [0.05, 0.1) is 17.8 Å². The Balaban J connectivity index is 1.98. The molecule has 1 aromatic carbocycles. The number of carbonyl (C=O) groups is 1. The number of hydrogen-bond donors (Lipinski definition) is 2. The van der Waals surface area contributed by atoms with E-state index in [0.29, 0.717) is 22.3 Å². The summed E-state index contributed by atoms with van der Waals surface area (Å²) in [5.74, 6) is -0.157. The van der Waals surface area contributed by atoms with E-state index in [0.717, 1.165) is 12.8 Å². The summed E-state index contributed by atoms with van der Waals surface area (Å²) in [6.45, 7) is 0.266. The highest BCUT2D eigenvalue weighted by molar-refractivity contribution is 6.31. The minimum absolute atomic E-state index is 0.157. The molecule has 0 spiro atoms. The summed E-state index contributed by atoms with van der Waals surface area (Å²) in [6.07, 6.45) is 2.27. The predicted molar refractivity (Wildman–Crippen MR) is 65.8 cm³/mol. The summed E-state index contributed by atoms with van der Waals surface area (Å²) < 4.78 is 0. The Morgan fingerprint density at radius 2 is 2.29 bits per heavy atom. The smallest absolute Gasteiger partial charge is 0.238 e. The standard InChI is InChI=1S/C12H12ClN3O/c13-9-2-1-8(6-14)11(5-9)16-12(17)7-15-10-3-4-10/h1-2,5,10,15H,3-4,7H2,(H,16,17). The molecule has 4 nitrogen and oxygen atoms in total. The molecule has 1 amide bonds. The van der Waals surface area contributed by atoms with Gasteiger partial charge >= 0.3 is 0 Å². The normalized spacial score (nSPS) is 14.1. The average Bonchev–Trinajstić information content (AvgIpc) is 3.10. The number of rotatable bonds is 4. The molecule has 1 aliphatic carbocycles. The van der Waals surface area contributed by atoms with Gasteiger partial charge in [-0.15, -0.1) is 0 Å². The molecule has 1 aromatic rings. The van der Waals surface area contributed by atoms with Crippen LogP contribution in [0.4, 0.5) is 5.69 Å². The van der Waals surface area contributed by atoms with Crippen LogP contribution >= 0.6 is 11.6 Å². The number of nitriles is 1. The minimum Gasteiger partial charge on any atom is -0.324 e. The van der Waals surface area contributed by atoms with Crippen LogP contribution in [0.15, 0.2) is 18.2 Å². The molecule has 88 valence electrons. The van der Waals surface area contributed by atoms with Gasteiger partial charge < -0.3 is 10.6 Å². The second kappa shape index (κ2) is 5.17. The topological polar surface area (TPSA) is 64.9 Å². The van der Waals surface area contributed by atoms with Crippen molar-refractivity contribution in [3.05, 3.63) is 28.8 Å². The number of anilines is 1.